The molecular formula is C25H29ClN2O4S. The minimum absolute atomic E-state index is 0.0557. The van der Waals surface area contributed by atoms with Crippen LogP contribution in [-0.2, 0) is 16.0 Å². The maximum atomic E-state index is 13.5. The number of nitrogens with zero attached hydrogens (tertiary/aromatic N) is 2. The number of carbonyl (C=O) groups excluding carboxylic acids is 1. The summed E-state index contributed by atoms with van der Waals surface area (Å²) in [5.74, 6) is 3.18. The molecule has 0 unspecified atom stereocenters. The van der Waals surface area contributed by atoms with E-state index in [1.807, 2.05) is 17.0 Å². The van der Waals surface area contributed by atoms with Crippen molar-refractivity contribution < 1.29 is 19.4 Å². The molecule has 1 amide bonds. The van der Waals surface area contributed by atoms with Crippen molar-refractivity contribution in [3.05, 3.63) is 51.2 Å². The number of hydrogen-bond acceptors (Lipinski definition) is 6. The quantitative estimate of drug-likeness (QED) is 0.388. The Hall–Kier alpha value is -2.08. The third kappa shape index (κ3) is 6.50. The van der Waals surface area contributed by atoms with Gasteiger partial charge in [-0.1, -0.05) is 17.5 Å². The van der Waals surface area contributed by atoms with Crippen molar-refractivity contribution >= 4 is 28.8 Å². The zero-order valence-corrected chi connectivity index (χ0v) is 20.1. The number of aliphatic hydroxyl groups is 1. The van der Waals surface area contributed by atoms with Gasteiger partial charge in [0.25, 0.3) is 0 Å². The van der Waals surface area contributed by atoms with Crippen LogP contribution < -0.4 is 4.74 Å². The van der Waals surface area contributed by atoms with Gasteiger partial charge in [-0.2, -0.15) is 0 Å². The predicted octanol–water partition coefficient (Wildman–Crippen LogP) is 3.38. The highest BCUT2D eigenvalue weighted by atomic mass is 35.5. The van der Waals surface area contributed by atoms with Gasteiger partial charge in [-0.3, -0.25) is 9.69 Å². The fourth-order valence-electron chi connectivity index (χ4n) is 4.20. The monoisotopic (exact) mass is 488 g/mol. The minimum Gasteiger partial charge on any atom is -0.491 e. The van der Waals surface area contributed by atoms with E-state index < -0.39 is 6.10 Å². The van der Waals surface area contributed by atoms with E-state index in [9.17, 15) is 9.90 Å². The highest BCUT2D eigenvalue weighted by Crippen LogP contribution is 2.35. The second-order valence-corrected chi connectivity index (χ2v) is 9.89. The summed E-state index contributed by atoms with van der Waals surface area (Å²) in [6, 6.07) is 9.55. The lowest BCUT2D eigenvalue weighted by molar-refractivity contribution is -0.136. The van der Waals surface area contributed by atoms with Crippen molar-refractivity contribution in [3.8, 4) is 18.1 Å². The average Bonchev–Trinajstić information content (AvgIpc) is 3.55. The Labute approximate surface area is 204 Å². The van der Waals surface area contributed by atoms with Gasteiger partial charge < -0.3 is 19.5 Å². The van der Waals surface area contributed by atoms with Crippen LogP contribution in [0.4, 0.5) is 0 Å². The zero-order valence-electron chi connectivity index (χ0n) is 18.5. The molecule has 2 atom stereocenters. The van der Waals surface area contributed by atoms with E-state index in [1.54, 1.807) is 23.5 Å². The summed E-state index contributed by atoms with van der Waals surface area (Å²) in [5.41, 5.74) is 1.16. The minimum atomic E-state index is -0.680. The Kier molecular flexibility index (Phi) is 8.29. The Balaban J connectivity index is 1.41. The van der Waals surface area contributed by atoms with Crippen LogP contribution in [0.15, 0.2) is 35.7 Å². The molecule has 2 heterocycles. The number of fused-ring (bicyclic) bond motifs is 1. The molecule has 1 aliphatic heterocycles. The first-order valence-electron chi connectivity index (χ1n) is 11.2. The van der Waals surface area contributed by atoms with Crippen molar-refractivity contribution in [2.75, 3.05) is 39.5 Å². The molecule has 0 bridgehead atoms. The molecule has 0 radical (unpaired) electrons. The van der Waals surface area contributed by atoms with E-state index in [0.29, 0.717) is 30.8 Å². The Bertz CT molecular complexity index is 970. The van der Waals surface area contributed by atoms with Crippen LogP contribution >= 0.6 is 22.9 Å². The van der Waals surface area contributed by atoms with Crippen molar-refractivity contribution in [3.63, 3.8) is 0 Å². The van der Waals surface area contributed by atoms with Crippen LogP contribution in [0.1, 0.15) is 29.3 Å². The molecule has 0 saturated heterocycles. The van der Waals surface area contributed by atoms with Gasteiger partial charge in [0.05, 0.1) is 25.3 Å². The van der Waals surface area contributed by atoms with Gasteiger partial charge in [0, 0.05) is 29.0 Å². The van der Waals surface area contributed by atoms with Crippen LogP contribution in [0, 0.1) is 12.3 Å². The number of hydrogen-bond donors (Lipinski definition) is 1. The second kappa shape index (κ2) is 11.4. The van der Waals surface area contributed by atoms with Crippen molar-refractivity contribution in [1.82, 2.24) is 9.80 Å². The highest BCUT2D eigenvalue weighted by molar-refractivity contribution is 7.10. The SMILES string of the molecule is C#CCOC[C@H](O)CN(CC(=O)N1CCc2sccc2[C@@H]1COc1ccc(Cl)cc1)C1CC1. The summed E-state index contributed by atoms with van der Waals surface area (Å²) in [4.78, 5) is 18.8. The van der Waals surface area contributed by atoms with Gasteiger partial charge in [-0.25, -0.2) is 0 Å². The number of rotatable bonds is 11. The molecule has 0 spiro atoms. The molecule has 1 aromatic carbocycles. The van der Waals surface area contributed by atoms with E-state index in [0.717, 1.165) is 30.6 Å². The molecule has 2 aliphatic rings. The number of thiophene rings is 1. The Morgan fingerprint density at radius 2 is 2.12 bits per heavy atom. The number of ether oxygens (including phenoxy) is 2. The van der Waals surface area contributed by atoms with Crippen LogP contribution in [-0.4, -0.2) is 72.4 Å². The van der Waals surface area contributed by atoms with Gasteiger partial charge in [-0.05, 0) is 60.5 Å². The fraction of sp³-hybridized carbons (Fsp3) is 0.480. The van der Waals surface area contributed by atoms with Crippen LogP contribution in [0.3, 0.4) is 0 Å². The largest absolute Gasteiger partial charge is 0.491 e. The summed E-state index contributed by atoms with van der Waals surface area (Å²) in [6.07, 6.45) is 7.46. The van der Waals surface area contributed by atoms with E-state index in [2.05, 4.69) is 22.3 Å². The number of halogens is 1. The smallest absolute Gasteiger partial charge is 0.237 e. The van der Waals surface area contributed by atoms with Crippen molar-refractivity contribution in [1.29, 1.82) is 0 Å². The van der Waals surface area contributed by atoms with Crippen LogP contribution in [0.5, 0.6) is 5.75 Å². The maximum absolute atomic E-state index is 13.5. The molecule has 1 fully saturated rings. The third-order valence-electron chi connectivity index (χ3n) is 5.98. The topological polar surface area (TPSA) is 62.2 Å². The Morgan fingerprint density at radius 3 is 2.85 bits per heavy atom. The average molecular weight is 489 g/mol. The van der Waals surface area contributed by atoms with Gasteiger partial charge in [-0.15, -0.1) is 17.8 Å². The lowest BCUT2D eigenvalue weighted by Gasteiger charge is -2.37. The highest BCUT2D eigenvalue weighted by Gasteiger charge is 2.36. The van der Waals surface area contributed by atoms with Gasteiger partial charge >= 0.3 is 0 Å². The first-order valence-corrected chi connectivity index (χ1v) is 12.5. The molecule has 2 aromatic rings. The molecule has 6 nitrogen and oxygen atoms in total. The first-order chi connectivity index (χ1) is 16.0. The van der Waals surface area contributed by atoms with Crippen LogP contribution in [0.2, 0.25) is 5.02 Å². The zero-order chi connectivity index (χ0) is 23.2. The normalized spacial score (nSPS) is 18.6. The molecule has 1 N–H and O–H groups in total. The summed E-state index contributed by atoms with van der Waals surface area (Å²) in [7, 11) is 0. The first kappa shape index (κ1) is 24.1. The molecule has 8 heteroatoms. The van der Waals surface area contributed by atoms with E-state index in [-0.39, 0.29) is 31.7 Å². The molecule has 33 heavy (non-hydrogen) atoms. The number of amides is 1. The van der Waals surface area contributed by atoms with Gasteiger partial charge in [0.1, 0.15) is 19.0 Å². The number of carbonyl (C=O) groups is 1. The molecule has 1 aliphatic carbocycles. The molecule has 4 rings (SSSR count). The summed E-state index contributed by atoms with van der Waals surface area (Å²) in [5, 5.41) is 13.1. The van der Waals surface area contributed by atoms with E-state index in [4.69, 9.17) is 27.5 Å². The van der Waals surface area contributed by atoms with Crippen LogP contribution in [0.25, 0.3) is 0 Å². The maximum Gasteiger partial charge on any atom is 0.237 e. The van der Waals surface area contributed by atoms with Gasteiger partial charge in [0.15, 0.2) is 0 Å². The number of benzene rings is 1. The molecular weight excluding hydrogens is 460 g/mol. The summed E-state index contributed by atoms with van der Waals surface area (Å²) in [6.45, 7) is 2.04. The fourth-order valence-corrected chi connectivity index (χ4v) is 5.26. The standard InChI is InChI=1S/C25H29ClN2O4S/c1-2-12-31-16-20(29)14-27(19-5-6-19)15-25(30)28-11-9-24-22(10-13-33-24)23(28)17-32-21-7-3-18(26)4-8-21/h1,3-4,7-8,10,13,19-20,23,29H,5-6,9,11-12,14-17H2/t20-,23+/m1/s1. The molecule has 1 aromatic heterocycles. The second-order valence-electron chi connectivity index (χ2n) is 8.45. The number of aliphatic hydroxyl groups excluding tert-OH is 1. The number of terminal acetylenes is 1. The van der Waals surface area contributed by atoms with E-state index in [1.165, 1.54) is 4.88 Å². The lowest BCUT2D eigenvalue weighted by Crippen LogP contribution is -2.48. The molecule has 1 saturated carbocycles. The van der Waals surface area contributed by atoms with Crippen molar-refractivity contribution in [2.45, 2.75) is 37.5 Å². The van der Waals surface area contributed by atoms with E-state index >= 15 is 0 Å². The van der Waals surface area contributed by atoms with Crippen molar-refractivity contribution in [2.24, 2.45) is 0 Å². The summed E-state index contributed by atoms with van der Waals surface area (Å²) < 4.78 is 11.3. The lowest BCUT2D eigenvalue weighted by atomic mass is 10.0. The summed E-state index contributed by atoms with van der Waals surface area (Å²) >= 11 is 7.71. The third-order valence-corrected chi connectivity index (χ3v) is 7.23. The van der Waals surface area contributed by atoms with Gasteiger partial charge in [0.2, 0.25) is 5.91 Å². The Morgan fingerprint density at radius 1 is 1.33 bits per heavy atom. The predicted molar refractivity (Wildman–Crippen MR) is 130 cm³/mol. The molecule has 176 valence electrons.